The van der Waals surface area contributed by atoms with Crippen LogP contribution in [0.1, 0.15) is 27.2 Å². The number of aliphatic hydroxyl groups is 1. The van der Waals surface area contributed by atoms with Crippen LogP contribution in [0.3, 0.4) is 0 Å². The van der Waals surface area contributed by atoms with Crippen LogP contribution in [-0.2, 0) is 14.3 Å². The highest BCUT2D eigenvalue weighted by Crippen LogP contribution is 2.11. The molecule has 2 N–H and O–H groups in total. The number of methoxy groups -OCH3 is 1. The zero-order chi connectivity index (χ0) is 11.6. The number of ether oxygens (including phenoxy) is 2. The Morgan fingerprint density at radius 1 is 1.43 bits per heavy atom. The Morgan fingerprint density at radius 2 is 1.86 bits per heavy atom. The van der Waals surface area contributed by atoms with Crippen molar-refractivity contribution in [2.24, 2.45) is 0 Å². The molecule has 1 unspecified atom stereocenters. The average molecular weight is 208 g/mol. The minimum Gasteiger partial charge on any atom is -0.481 e. The predicted molar refractivity (Wildman–Crippen MR) is 52.1 cm³/mol. The van der Waals surface area contributed by atoms with E-state index in [4.69, 9.17) is 19.4 Å². The van der Waals surface area contributed by atoms with E-state index in [9.17, 15) is 5.11 Å². The first-order valence-corrected chi connectivity index (χ1v) is 4.46. The van der Waals surface area contributed by atoms with Gasteiger partial charge in [-0.25, -0.2) is 0 Å². The molecular formula is C9H20O5. The molecule has 0 fully saturated rings. The molecule has 0 aromatic heterocycles. The second-order valence-electron chi connectivity index (χ2n) is 2.68. The van der Waals surface area contributed by atoms with Crippen LogP contribution in [0.15, 0.2) is 0 Å². The molecule has 86 valence electrons. The molecule has 0 saturated heterocycles. The lowest BCUT2D eigenvalue weighted by atomic mass is 10.2. The Morgan fingerprint density at radius 3 is 2.07 bits per heavy atom. The second kappa shape index (κ2) is 8.93. The molecule has 0 spiro atoms. The molecule has 0 aliphatic carbocycles. The highest BCUT2D eigenvalue weighted by Gasteiger charge is 2.23. The molecule has 0 heterocycles. The van der Waals surface area contributed by atoms with Gasteiger partial charge in [-0.2, -0.15) is 0 Å². The van der Waals surface area contributed by atoms with Crippen molar-refractivity contribution in [3.63, 3.8) is 0 Å². The fraction of sp³-hybridized carbons (Fsp3) is 0.889. The molecule has 1 atom stereocenters. The van der Waals surface area contributed by atoms with Gasteiger partial charge in [-0.3, -0.25) is 4.79 Å². The van der Waals surface area contributed by atoms with E-state index in [0.717, 1.165) is 6.92 Å². The largest absolute Gasteiger partial charge is 0.481 e. The van der Waals surface area contributed by atoms with Crippen LogP contribution < -0.4 is 0 Å². The maximum Gasteiger partial charge on any atom is 0.300 e. The Labute approximate surface area is 84.6 Å². The van der Waals surface area contributed by atoms with Gasteiger partial charge in [0.05, 0.1) is 0 Å². The minimum atomic E-state index is -1.08. The summed E-state index contributed by atoms with van der Waals surface area (Å²) >= 11 is 0. The van der Waals surface area contributed by atoms with E-state index < -0.39 is 11.8 Å². The van der Waals surface area contributed by atoms with Crippen LogP contribution >= 0.6 is 0 Å². The molecule has 0 amide bonds. The van der Waals surface area contributed by atoms with Crippen LogP contribution in [0.4, 0.5) is 0 Å². The molecule has 0 aliphatic rings. The Kier molecular flexibility index (Phi) is 10.1. The third-order valence-corrected chi connectivity index (χ3v) is 1.34. The first-order valence-electron chi connectivity index (χ1n) is 4.46. The van der Waals surface area contributed by atoms with E-state index in [-0.39, 0.29) is 6.61 Å². The smallest absolute Gasteiger partial charge is 0.300 e. The molecule has 5 nitrogen and oxygen atoms in total. The molecule has 0 bridgehead atoms. The summed E-state index contributed by atoms with van der Waals surface area (Å²) in [5, 5.41) is 16.9. The monoisotopic (exact) mass is 208 g/mol. The third-order valence-electron chi connectivity index (χ3n) is 1.34. The van der Waals surface area contributed by atoms with E-state index in [1.807, 2.05) is 13.8 Å². The Hall–Kier alpha value is -0.650. The van der Waals surface area contributed by atoms with Crippen molar-refractivity contribution in [2.75, 3.05) is 20.3 Å². The van der Waals surface area contributed by atoms with Crippen molar-refractivity contribution in [2.45, 2.75) is 33.0 Å². The number of carboxylic acids is 1. The van der Waals surface area contributed by atoms with Crippen molar-refractivity contribution in [1.29, 1.82) is 0 Å². The van der Waals surface area contributed by atoms with Crippen LogP contribution in [0.5, 0.6) is 0 Å². The van der Waals surface area contributed by atoms with E-state index in [1.54, 1.807) is 7.11 Å². The predicted octanol–water partition coefficient (Wildman–Crippen LogP) is 0.859. The molecule has 0 rings (SSSR count). The summed E-state index contributed by atoms with van der Waals surface area (Å²) in [5.41, 5.74) is 0. The zero-order valence-electron chi connectivity index (χ0n) is 9.24. The van der Waals surface area contributed by atoms with Crippen molar-refractivity contribution >= 4 is 5.97 Å². The molecule has 0 radical (unpaired) electrons. The van der Waals surface area contributed by atoms with Crippen molar-refractivity contribution in [3.05, 3.63) is 0 Å². The van der Waals surface area contributed by atoms with Crippen LogP contribution in [-0.4, -0.2) is 42.3 Å². The van der Waals surface area contributed by atoms with E-state index in [1.165, 1.54) is 0 Å². The van der Waals surface area contributed by atoms with E-state index in [2.05, 4.69) is 0 Å². The topological polar surface area (TPSA) is 76.0 Å². The first kappa shape index (κ1) is 15.8. The number of hydrogen-bond donors (Lipinski definition) is 2. The molecular weight excluding hydrogens is 188 g/mol. The standard InChI is InChI=1S/C7H16O3.C2H4O2/c1-4-7(8,6-9-3)10-5-2;1-2(3)4/h8H,4-6H2,1-3H3;1H3,(H,3,4). The fourth-order valence-electron chi connectivity index (χ4n) is 0.740. The average Bonchev–Trinajstić information content (AvgIpc) is 2.04. The number of carboxylic acid groups (broad SMARTS) is 1. The molecule has 0 saturated carbocycles. The van der Waals surface area contributed by atoms with Gasteiger partial charge in [-0.15, -0.1) is 0 Å². The lowest BCUT2D eigenvalue weighted by Crippen LogP contribution is -2.36. The second-order valence-corrected chi connectivity index (χ2v) is 2.68. The fourth-order valence-corrected chi connectivity index (χ4v) is 0.740. The van der Waals surface area contributed by atoms with Gasteiger partial charge in [0.25, 0.3) is 5.97 Å². The van der Waals surface area contributed by atoms with Gasteiger partial charge in [-0.1, -0.05) is 6.92 Å². The van der Waals surface area contributed by atoms with Gasteiger partial charge in [0.15, 0.2) is 5.79 Å². The van der Waals surface area contributed by atoms with E-state index >= 15 is 0 Å². The molecule has 0 aromatic carbocycles. The van der Waals surface area contributed by atoms with Gasteiger partial charge < -0.3 is 19.7 Å². The number of rotatable bonds is 5. The maximum absolute atomic E-state index is 9.47. The van der Waals surface area contributed by atoms with Gasteiger partial charge in [-0.05, 0) is 6.92 Å². The van der Waals surface area contributed by atoms with Gasteiger partial charge in [0.2, 0.25) is 0 Å². The number of aliphatic carboxylic acids is 1. The first-order chi connectivity index (χ1) is 6.41. The summed E-state index contributed by atoms with van der Waals surface area (Å²) in [6.07, 6.45) is 0.550. The van der Waals surface area contributed by atoms with Crippen molar-refractivity contribution < 1.29 is 24.5 Å². The molecule has 0 aromatic rings. The quantitative estimate of drug-likeness (QED) is 0.655. The SMILES string of the molecule is CC(=O)O.CCOC(O)(CC)COC. The Balaban J connectivity index is 0. The summed E-state index contributed by atoms with van der Waals surface area (Å²) in [7, 11) is 1.54. The van der Waals surface area contributed by atoms with E-state index in [0.29, 0.717) is 13.0 Å². The summed E-state index contributed by atoms with van der Waals surface area (Å²) in [5.74, 6) is -1.91. The number of hydrogen-bond acceptors (Lipinski definition) is 4. The third kappa shape index (κ3) is 11.4. The minimum absolute atomic E-state index is 0.233. The molecule has 14 heavy (non-hydrogen) atoms. The van der Waals surface area contributed by atoms with Crippen LogP contribution in [0.2, 0.25) is 0 Å². The van der Waals surface area contributed by atoms with Crippen molar-refractivity contribution in [3.8, 4) is 0 Å². The van der Waals surface area contributed by atoms with Gasteiger partial charge in [0.1, 0.15) is 6.61 Å². The summed E-state index contributed by atoms with van der Waals surface area (Å²) in [4.78, 5) is 9.00. The lowest BCUT2D eigenvalue weighted by Gasteiger charge is -2.25. The summed E-state index contributed by atoms with van der Waals surface area (Å²) < 4.78 is 9.82. The summed E-state index contributed by atoms with van der Waals surface area (Å²) in [6, 6.07) is 0. The summed E-state index contributed by atoms with van der Waals surface area (Å²) in [6.45, 7) is 5.52. The van der Waals surface area contributed by atoms with Gasteiger partial charge in [0, 0.05) is 27.1 Å². The van der Waals surface area contributed by atoms with Crippen LogP contribution in [0, 0.1) is 0 Å². The van der Waals surface area contributed by atoms with Gasteiger partial charge >= 0.3 is 0 Å². The zero-order valence-corrected chi connectivity index (χ0v) is 9.24. The normalized spacial score (nSPS) is 13.8. The Bertz CT molecular complexity index is 136. The molecule has 0 aliphatic heterocycles. The maximum atomic E-state index is 9.47. The highest BCUT2D eigenvalue weighted by atomic mass is 16.6. The molecule has 5 heteroatoms. The van der Waals surface area contributed by atoms with Crippen LogP contribution in [0.25, 0.3) is 0 Å². The lowest BCUT2D eigenvalue weighted by molar-refractivity contribution is -0.227. The number of carbonyl (C=O) groups is 1. The van der Waals surface area contributed by atoms with Crippen molar-refractivity contribution in [1.82, 2.24) is 0 Å². The highest BCUT2D eigenvalue weighted by molar-refractivity contribution is 5.62.